The summed E-state index contributed by atoms with van der Waals surface area (Å²) in [5, 5.41) is 9.63. The SMILES string of the molecule is O=C(NSCc1ccccc1)c1ccc(N2CCN(Cc3ccccc3C#Cc3cncc(O)c3)CC2)cc1. The molecule has 196 valence electrons. The van der Waals surface area contributed by atoms with Crippen molar-refractivity contribution >= 4 is 23.5 Å². The molecule has 3 aromatic carbocycles. The first-order valence-electron chi connectivity index (χ1n) is 12.9. The van der Waals surface area contributed by atoms with Gasteiger partial charge in [0.25, 0.3) is 5.91 Å². The molecule has 0 spiro atoms. The van der Waals surface area contributed by atoms with Crippen LogP contribution in [0, 0.1) is 11.8 Å². The lowest BCUT2D eigenvalue weighted by atomic mass is 10.1. The first-order chi connectivity index (χ1) is 19.1. The zero-order chi connectivity index (χ0) is 26.9. The molecule has 1 amide bonds. The predicted octanol–water partition coefficient (Wildman–Crippen LogP) is 5.09. The van der Waals surface area contributed by atoms with Crippen LogP contribution in [-0.2, 0) is 12.3 Å². The Labute approximate surface area is 233 Å². The number of hydrogen-bond acceptors (Lipinski definition) is 6. The Kier molecular flexibility index (Phi) is 8.79. The minimum Gasteiger partial charge on any atom is -0.506 e. The fourth-order valence-corrected chi connectivity index (χ4v) is 5.14. The highest BCUT2D eigenvalue weighted by Gasteiger charge is 2.18. The number of hydrogen-bond donors (Lipinski definition) is 2. The smallest absolute Gasteiger partial charge is 0.261 e. The third-order valence-corrected chi connectivity index (χ3v) is 7.40. The largest absolute Gasteiger partial charge is 0.506 e. The van der Waals surface area contributed by atoms with Crippen LogP contribution in [0.4, 0.5) is 5.69 Å². The van der Waals surface area contributed by atoms with Crippen molar-refractivity contribution in [3.8, 4) is 17.6 Å². The molecule has 0 aliphatic carbocycles. The predicted molar refractivity (Wildman–Crippen MR) is 157 cm³/mol. The third-order valence-electron chi connectivity index (χ3n) is 6.59. The van der Waals surface area contributed by atoms with Crippen molar-refractivity contribution in [2.75, 3.05) is 31.1 Å². The maximum absolute atomic E-state index is 12.5. The summed E-state index contributed by atoms with van der Waals surface area (Å²) >= 11 is 1.41. The van der Waals surface area contributed by atoms with Crippen LogP contribution < -0.4 is 9.62 Å². The normalized spacial score (nSPS) is 13.4. The van der Waals surface area contributed by atoms with Gasteiger partial charge in [0.2, 0.25) is 0 Å². The second kappa shape index (κ2) is 13.0. The van der Waals surface area contributed by atoms with Gasteiger partial charge in [-0.3, -0.25) is 19.4 Å². The van der Waals surface area contributed by atoms with Crippen LogP contribution in [0.1, 0.15) is 32.6 Å². The van der Waals surface area contributed by atoms with E-state index < -0.39 is 0 Å². The number of nitrogens with one attached hydrogen (secondary N) is 1. The molecule has 0 atom stereocenters. The number of aromatic nitrogens is 1. The summed E-state index contributed by atoms with van der Waals surface area (Å²) in [5.41, 5.74) is 5.84. The van der Waals surface area contributed by atoms with E-state index in [2.05, 4.69) is 49.5 Å². The summed E-state index contributed by atoms with van der Waals surface area (Å²) in [5.74, 6) is 7.13. The van der Waals surface area contributed by atoms with Crippen LogP contribution in [0.15, 0.2) is 97.3 Å². The molecule has 1 fully saturated rings. The average molecular weight is 535 g/mol. The van der Waals surface area contributed by atoms with Gasteiger partial charge in [-0.1, -0.05) is 60.4 Å². The summed E-state index contributed by atoms with van der Waals surface area (Å²) in [7, 11) is 0. The first kappa shape index (κ1) is 26.4. The average Bonchev–Trinajstić information content (AvgIpc) is 2.98. The Bertz CT molecular complexity index is 1460. The number of piperazine rings is 1. The fourth-order valence-electron chi connectivity index (χ4n) is 4.46. The standard InChI is InChI=1S/C32H30N4O2S/c37-31-20-26(21-33-22-31)10-11-27-8-4-5-9-29(27)23-35-16-18-36(19-17-35)30-14-12-28(13-15-30)32(38)34-39-24-25-6-2-1-3-7-25/h1-9,12-15,20-22,37H,16-19,23-24H2,(H,34,38). The van der Waals surface area contributed by atoms with E-state index in [0.717, 1.165) is 49.7 Å². The molecule has 7 heteroatoms. The van der Waals surface area contributed by atoms with E-state index in [-0.39, 0.29) is 11.7 Å². The second-order valence-corrected chi connectivity index (χ2v) is 10.1. The van der Waals surface area contributed by atoms with Crippen molar-refractivity contribution in [1.29, 1.82) is 0 Å². The van der Waals surface area contributed by atoms with Gasteiger partial charge >= 0.3 is 0 Å². The second-order valence-electron chi connectivity index (χ2n) is 9.35. The molecule has 0 radical (unpaired) electrons. The topological polar surface area (TPSA) is 68.7 Å². The van der Waals surface area contributed by atoms with Crippen LogP contribution in [-0.4, -0.2) is 47.1 Å². The maximum atomic E-state index is 12.5. The van der Waals surface area contributed by atoms with Gasteiger partial charge in [0.1, 0.15) is 5.75 Å². The molecule has 39 heavy (non-hydrogen) atoms. The quantitative estimate of drug-likeness (QED) is 0.254. The molecule has 2 N–H and O–H groups in total. The van der Waals surface area contributed by atoms with Crippen LogP contribution in [0.25, 0.3) is 0 Å². The van der Waals surface area contributed by atoms with Crippen molar-refractivity contribution < 1.29 is 9.90 Å². The molecule has 1 aliphatic heterocycles. The first-order valence-corrected chi connectivity index (χ1v) is 13.9. The van der Waals surface area contributed by atoms with Gasteiger partial charge < -0.3 is 10.0 Å². The van der Waals surface area contributed by atoms with E-state index in [9.17, 15) is 9.90 Å². The Balaban J connectivity index is 1.12. The van der Waals surface area contributed by atoms with Gasteiger partial charge in [0.15, 0.2) is 0 Å². The summed E-state index contributed by atoms with van der Waals surface area (Å²) < 4.78 is 2.93. The fraction of sp³-hybridized carbons (Fsp3) is 0.188. The molecule has 0 unspecified atom stereocenters. The number of pyridine rings is 1. The molecule has 0 saturated carbocycles. The highest BCUT2D eigenvalue weighted by atomic mass is 32.2. The molecule has 1 aromatic heterocycles. The van der Waals surface area contributed by atoms with E-state index in [0.29, 0.717) is 11.1 Å². The highest BCUT2D eigenvalue weighted by Crippen LogP contribution is 2.20. The van der Waals surface area contributed by atoms with Crippen LogP contribution in [0.2, 0.25) is 0 Å². The van der Waals surface area contributed by atoms with E-state index in [4.69, 9.17) is 0 Å². The molecule has 4 aromatic rings. The Morgan fingerprint density at radius 2 is 1.64 bits per heavy atom. The van der Waals surface area contributed by atoms with Crippen LogP contribution >= 0.6 is 11.9 Å². The van der Waals surface area contributed by atoms with Gasteiger partial charge in [0, 0.05) is 67.1 Å². The number of nitrogens with zero attached hydrogens (tertiary/aromatic N) is 3. The minimum atomic E-state index is -0.0746. The highest BCUT2D eigenvalue weighted by molar-refractivity contribution is 7.97. The van der Waals surface area contributed by atoms with E-state index in [1.165, 1.54) is 29.3 Å². The van der Waals surface area contributed by atoms with Crippen molar-refractivity contribution in [2.24, 2.45) is 0 Å². The summed E-state index contributed by atoms with van der Waals surface area (Å²) in [6.07, 6.45) is 3.05. The molecule has 6 nitrogen and oxygen atoms in total. The minimum absolute atomic E-state index is 0.0746. The van der Waals surface area contributed by atoms with Crippen molar-refractivity contribution in [3.63, 3.8) is 0 Å². The van der Waals surface area contributed by atoms with E-state index >= 15 is 0 Å². The van der Waals surface area contributed by atoms with E-state index in [1.54, 1.807) is 12.3 Å². The lowest BCUT2D eigenvalue weighted by Gasteiger charge is -2.36. The molecular weight excluding hydrogens is 504 g/mol. The van der Waals surface area contributed by atoms with Crippen LogP contribution in [0.5, 0.6) is 5.75 Å². The monoisotopic (exact) mass is 534 g/mol. The number of carbonyl (C=O) groups is 1. The van der Waals surface area contributed by atoms with Crippen molar-refractivity contribution in [2.45, 2.75) is 12.3 Å². The summed E-state index contributed by atoms with van der Waals surface area (Å²) in [6.45, 7) is 4.55. The Hall–Kier alpha value is -4.25. The molecule has 1 saturated heterocycles. The van der Waals surface area contributed by atoms with Crippen molar-refractivity contribution in [3.05, 3.63) is 125 Å². The molecule has 0 bridgehead atoms. The van der Waals surface area contributed by atoms with Gasteiger partial charge in [-0.15, -0.1) is 0 Å². The molecule has 5 rings (SSSR count). The van der Waals surface area contributed by atoms with Gasteiger partial charge in [-0.2, -0.15) is 0 Å². The van der Waals surface area contributed by atoms with Gasteiger partial charge in [-0.25, -0.2) is 0 Å². The van der Waals surface area contributed by atoms with Gasteiger partial charge in [0.05, 0.1) is 6.20 Å². The third kappa shape index (κ3) is 7.41. The number of amides is 1. The van der Waals surface area contributed by atoms with Gasteiger partial charge in [-0.05, 0) is 59.5 Å². The molecule has 1 aliphatic rings. The molecular formula is C32H30N4O2S. The van der Waals surface area contributed by atoms with Crippen LogP contribution in [0.3, 0.4) is 0 Å². The summed E-state index contributed by atoms with van der Waals surface area (Å²) in [6, 6.07) is 27.8. The van der Waals surface area contributed by atoms with Crippen molar-refractivity contribution in [1.82, 2.24) is 14.6 Å². The number of rotatable bonds is 7. The maximum Gasteiger partial charge on any atom is 0.261 e. The van der Waals surface area contributed by atoms with E-state index in [1.807, 2.05) is 60.7 Å². The lowest BCUT2D eigenvalue weighted by molar-refractivity contribution is 0.0984. The summed E-state index contributed by atoms with van der Waals surface area (Å²) in [4.78, 5) is 21.3. The number of aromatic hydroxyl groups is 1. The number of anilines is 1. The molecule has 2 heterocycles. The number of carbonyl (C=O) groups excluding carboxylic acids is 1. The zero-order valence-electron chi connectivity index (χ0n) is 21.6. The Morgan fingerprint density at radius 1 is 0.897 bits per heavy atom. The lowest BCUT2D eigenvalue weighted by Crippen LogP contribution is -2.46. The number of benzene rings is 3. The Morgan fingerprint density at radius 3 is 2.41 bits per heavy atom. The zero-order valence-corrected chi connectivity index (χ0v) is 22.4.